The number of benzene rings is 1. The largest absolute Gasteiger partial charge is 0.358 e. The molecule has 2 amide bonds. The maximum absolute atomic E-state index is 14.0. The molecule has 1 aromatic carbocycles. The van der Waals surface area contributed by atoms with Crippen molar-refractivity contribution >= 4 is 17.6 Å². The van der Waals surface area contributed by atoms with Gasteiger partial charge in [0.05, 0.1) is 6.54 Å². The topological polar surface area (TPSA) is 39.1 Å². The van der Waals surface area contributed by atoms with Gasteiger partial charge >= 0.3 is 6.03 Å². The van der Waals surface area contributed by atoms with Gasteiger partial charge in [-0.2, -0.15) is 4.99 Å². The molecule has 5 nitrogen and oxygen atoms in total. The molecule has 3 unspecified atom stereocenters. The van der Waals surface area contributed by atoms with Gasteiger partial charge in [0.1, 0.15) is 17.2 Å². The van der Waals surface area contributed by atoms with Gasteiger partial charge in [0, 0.05) is 31.4 Å². The summed E-state index contributed by atoms with van der Waals surface area (Å²) in [7, 11) is 0. The number of hydrogen-bond donors (Lipinski definition) is 0. The van der Waals surface area contributed by atoms with Gasteiger partial charge in [0.15, 0.2) is 0 Å². The number of nitrogens with zero attached hydrogens (tertiary/aromatic N) is 4. The van der Waals surface area contributed by atoms with E-state index >= 15 is 0 Å². The van der Waals surface area contributed by atoms with E-state index in [0.717, 1.165) is 51.3 Å². The number of carbonyl (C=O) groups excluding carboxylic acids is 1. The Kier molecular flexibility index (Phi) is 5.35. The van der Waals surface area contributed by atoms with Gasteiger partial charge in [-0.3, -0.25) is 9.80 Å². The number of halogens is 1. The summed E-state index contributed by atoms with van der Waals surface area (Å²) in [6.45, 7) is 9.69. The van der Waals surface area contributed by atoms with Crippen molar-refractivity contribution in [1.29, 1.82) is 0 Å². The van der Waals surface area contributed by atoms with E-state index in [-0.39, 0.29) is 17.9 Å². The van der Waals surface area contributed by atoms with Gasteiger partial charge in [-0.05, 0) is 57.2 Å². The third kappa shape index (κ3) is 3.53. The molecule has 0 radical (unpaired) electrons. The van der Waals surface area contributed by atoms with Crippen molar-refractivity contribution in [3.8, 4) is 11.8 Å². The summed E-state index contributed by atoms with van der Waals surface area (Å²) in [6, 6.07) is 6.31. The summed E-state index contributed by atoms with van der Waals surface area (Å²) < 4.78 is 14.0. The van der Waals surface area contributed by atoms with E-state index in [4.69, 9.17) is 0 Å². The van der Waals surface area contributed by atoms with Crippen LogP contribution in [0.25, 0.3) is 0 Å². The van der Waals surface area contributed by atoms with E-state index in [2.05, 4.69) is 40.5 Å². The SMILES string of the molecule is CC#CCN1CCC2(CC1C)C(N1CCC(C)C1)=NC(=O)N2c1cccc(F)c1. The monoisotopic (exact) mass is 396 g/mol. The smallest absolute Gasteiger partial charge is 0.350 e. The zero-order chi connectivity index (χ0) is 20.6. The van der Waals surface area contributed by atoms with Crippen LogP contribution in [0.4, 0.5) is 14.9 Å². The molecule has 6 heteroatoms. The fourth-order valence-corrected chi connectivity index (χ4v) is 5.08. The molecule has 1 spiro atoms. The van der Waals surface area contributed by atoms with Crippen LogP contribution < -0.4 is 4.90 Å². The molecule has 2 fully saturated rings. The van der Waals surface area contributed by atoms with Crippen LogP contribution in [0, 0.1) is 23.6 Å². The molecule has 0 bridgehead atoms. The molecule has 3 aliphatic rings. The van der Waals surface area contributed by atoms with Crippen LogP contribution in [0.2, 0.25) is 0 Å². The lowest BCUT2D eigenvalue weighted by atomic mass is 9.80. The van der Waals surface area contributed by atoms with Crippen molar-refractivity contribution < 1.29 is 9.18 Å². The minimum absolute atomic E-state index is 0.247. The van der Waals surface area contributed by atoms with Gasteiger partial charge in [-0.15, -0.1) is 5.92 Å². The summed E-state index contributed by atoms with van der Waals surface area (Å²) >= 11 is 0. The molecular formula is C23H29FN4O. The average molecular weight is 397 g/mol. The number of anilines is 1. The van der Waals surface area contributed by atoms with Crippen molar-refractivity contribution in [2.75, 3.05) is 31.1 Å². The van der Waals surface area contributed by atoms with Crippen LogP contribution >= 0.6 is 0 Å². The van der Waals surface area contributed by atoms with E-state index in [1.54, 1.807) is 11.0 Å². The molecule has 0 saturated carbocycles. The molecule has 29 heavy (non-hydrogen) atoms. The number of piperidine rings is 1. The summed E-state index contributed by atoms with van der Waals surface area (Å²) in [5.41, 5.74) is 0.0693. The highest BCUT2D eigenvalue weighted by Crippen LogP contribution is 2.42. The summed E-state index contributed by atoms with van der Waals surface area (Å²) in [4.78, 5) is 24.1. The number of urea groups is 1. The minimum atomic E-state index is -0.523. The number of rotatable bonds is 2. The first-order chi connectivity index (χ1) is 13.9. The molecule has 0 aromatic heterocycles. The van der Waals surface area contributed by atoms with Crippen LogP contribution in [-0.2, 0) is 0 Å². The molecule has 3 atom stereocenters. The van der Waals surface area contributed by atoms with Gasteiger partial charge in [0.25, 0.3) is 0 Å². The Morgan fingerprint density at radius 3 is 2.79 bits per heavy atom. The lowest BCUT2D eigenvalue weighted by Gasteiger charge is -2.49. The third-order valence-corrected chi connectivity index (χ3v) is 6.55. The van der Waals surface area contributed by atoms with Crippen molar-refractivity contribution in [2.24, 2.45) is 10.9 Å². The number of carbonyl (C=O) groups is 1. The summed E-state index contributed by atoms with van der Waals surface area (Å²) in [5.74, 6) is 7.27. The first-order valence-corrected chi connectivity index (χ1v) is 10.5. The predicted molar refractivity (Wildman–Crippen MR) is 114 cm³/mol. The summed E-state index contributed by atoms with van der Waals surface area (Å²) in [5, 5.41) is 0. The van der Waals surface area contributed by atoms with Crippen molar-refractivity contribution in [3.05, 3.63) is 30.1 Å². The van der Waals surface area contributed by atoms with Gasteiger partial charge < -0.3 is 4.90 Å². The Hall–Kier alpha value is -2.39. The van der Waals surface area contributed by atoms with Crippen LogP contribution in [0.1, 0.15) is 40.0 Å². The number of likely N-dealkylation sites (tertiary alicyclic amines) is 2. The molecule has 1 aromatic rings. The summed E-state index contributed by atoms with van der Waals surface area (Å²) in [6.07, 6.45) is 2.65. The Bertz CT molecular complexity index is 888. The van der Waals surface area contributed by atoms with E-state index in [0.29, 0.717) is 11.6 Å². The molecule has 4 rings (SSSR count). The predicted octanol–water partition coefficient (Wildman–Crippen LogP) is 3.75. The molecular weight excluding hydrogens is 367 g/mol. The zero-order valence-corrected chi connectivity index (χ0v) is 17.5. The fourth-order valence-electron chi connectivity index (χ4n) is 5.08. The number of hydrogen-bond acceptors (Lipinski definition) is 3. The maximum atomic E-state index is 14.0. The molecule has 0 aliphatic carbocycles. The number of aliphatic imine (C=N–C) groups is 1. The van der Waals surface area contributed by atoms with Crippen LogP contribution in [0.3, 0.4) is 0 Å². The highest BCUT2D eigenvalue weighted by atomic mass is 19.1. The van der Waals surface area contributed by atoms with E-state index in [9.17, 15) is 9.18 Å². The second kappa shape index (κ2) is 7.79. The number of amidine groups is 1. The fraction of sp³-hybridized carbons (Fsp3) is 0.565. The Morgan fingerprint density at radius 1 is 1.31 bits per heavy atom. The van der Waals surface area contributed by atoms with Gasteiger partial charge in [-0.25, -0.2) is 9.18 Å². The van der Waals surface area contributed by atoms with Gasteiger partial charge in [-0.1, -0.05) is 18.9 Å². The average Bonchev–Trinajstić information content (AvgIpc) is 3.22. The minimum Gasteiger partial charge on any atom is -0.358 e. The highest BCUT2D eigenvalue weighted by Gasteiger charge is 2.55. The first-order valence-electron chi connectivity index (χ1n) is 10.5. The maximum Gasteiger partial charge on any atom is 0.350 e. The Morgan fingerprint density at radius 2 is 2.14 bits per heavy atom. The van der Waals surface area contributed by atoms with Crippen LogP contribution in [0.15, 0.2) is 29.3 Å². The molecule has 3 aliphatic heterocycles. The third-order valence-electron chi connectivity index (χ3n) is 6.55. The Labute approximate surface area is 172 Å². The number of amides is 2. The van der Waals surface area contributed by atoms with E-state index < -0.39 is 5.54 Å². The molecule has 0 N–H and O–H groups in total. The zero-order valence-electron chi connectivity index (χ0n) is 17.5. The lowest BCUT2D eigenvalue weighted by molar-refractivity contribution is 0.142. The first kappa shape index (κ1) is 19.9. The lowest BCUT2D eigenvalue weighted by Crippen LogP contribution is -2.63. The van der Waals surface area contributed by atoms with Crippen molar-refractivity contribution in [2.45, 2.75) is 51.6 Å². The second-order valence-electron chi connectivity index (χ2n) is 8.61. The normalized spacial score (nSPS) is 29.9. The standard InChI is InChI=1S/C23H29FN4O/c1-4-5-11-26-13-10-23(15-18(26)3)21(27-12-9-17(2)16-27)25-22(29)28(23)20-8-6-7-19(24)14-20/h6-8,14,17-18H,9-13,15-16H2,1-3H3. The Balaban J connectivity index is 1.72. The van der Waals surface area contributed by atoms with Crippen LogP contribution in [0.5, 0.6) is 0 Å². The van der Waals surface area contributed by atoms with E-state index in [1.165, 1.54) is 12.1 Å². The quantitative estimate of drug-likeness (QED) is 0.715. The van der Waals surface area contributed by atoms with Crippen LogP contribution in [-0.4, -0.2) is 59.4 Å². The van der Waals surface area contributed by atoms with E-state index in [1.807, 2.05) is 13.0 Å². The van der Waals surface area contributed by atoms with Crippen molar-refractivity contribution in [1.82, 2.24) is 9.80 Å². The second-order valence-corrected chi connectivity index (χ2v) is 8.61. The highest BCUT2D eigenvalue weighted by molar-refractivity contribution is 6.16. The van der Waals surface area contributed by atoms with Gasteiger partial charge in [0.2, 0.25) is 0 Å². The molecule has 3 heterocycles. The molecule has 154 valence electrons. The molecule has 2 saturated heterocycles. The van der Waals surface area contributed by atoms with Crippen molar-refractivity contribution in [3.63, 3.8) is 0 Å².